The summed E-state index contributed by atoms with van der Waals surface area (Å²) in [4.78, 5) is 34.7. The molecular weight excluding hydrogens is 288 g/mol. The molecule has 0 bridgehead atoms. The van der Waals surface area contributed by atoms with Crippen molar-refractivity contribution in [3.8, 4) is 0 Å². The topological polar surface area (TPSA) is 75.3 Å². The Hall–Kier alpha value is -1.17. The molecule has 1 heterocycles. The van der Waals surface area contributed by atoms with Gasteiger partial charge in [-0.15, -0.1) is 6.58 Å². The van der Waals surface area contributed by atoms with Crippen molar-refractivity contribution in [3.05, 3.63) is 12.7 Å². The Bertz CT molecular complexity index is 361. The maximum atomic E-state index is 12.1. The molecule has 1 rings (SSSR count). The van der Waals surface area contributed by atoms with Gasteiger partial charge in [0.05, 0.1) is 4.83 Å². The molecule has 0 radical (unpaired) electrons. The molecule has 1 fully saturated rings. The number of nitrogens with one attached hydrogen (secondary N) is 2. The molecule has 2 N–H and O–H groups in total. The van der Waals surface area contributed by atoms with Crippen LogP contribution in [0.3, 0.4) is 0 Å². The second-order valence-corrected chi connectivity index (χ2v) is 5.04. The largest absolute Gasteiger partial charge is 0.328 e. The number of imide groups is 2. The Balaban J connectivity index is 3.30. The second kappa shape index (κ2) is 5.00. The quantitative estimate of drug-likeness (QED) is 0.467. The van der Waals surface area contributed by atoms with Crippen molar-refractivity contribution in [2.24, 2.45) is 11.3 Å². The Morgan fingerprint density at radius 2 is 1.82 bits per heavy atom. The van der Waals surface area contributed by atoms with E-state index in [1.807, 2.05) is 6.92 Å². The van der Waals surface area contributed by atoms with E-state index in [2.05, 4.69) is 33.1 Å². The Kier molecular flexibility index (Phi) is 4.08. The van der Waals surface area contributed by atoms with Crippen LogP contribution >= 0.6 is 15.9 Å². The van der Waals surface area contributed by atoms with Crippen molar-refractivity contribution in [3.63, 3.8) is 0 Å². The molecular formula is C11H15BrN2O3. The number of rotatable bonds is 4. The minimum absolute atomic E-state index is 0.224. The summed E-state index contributed by atoms with van der Waals surface area (Å²) in [5.41, 5.74) is -1.33. The van der Waals surface area contributed by atoms with Gasteiger partial charge in [0, 0.05) is 0 Å². The molecule has 2 atom stereocenters. The van der Waals surface area contributed by atoms with Crippen LogP contribution in [0.25, 0.3) is 0 Å². The molecule has 1 aliphatic rings. The number of allylic oxidation sites excluding steroid dienone is 1. The molecule has 1 saturated heterocycles. The first-order chi connectivity index (χ1) is 7.91. The van der Waals surface area contributed by atoms with Crippen LogP contribution in [-0.2, 0) is 9.59 Å². The van der Waals surface area contributed by atoms with E-state index in [-0.39, 0.29) is 5.92 Å². The summed E-state index contributed by atoms with van der Waals surface area (Å²) in [7, 11) is 0. The summed E-state index contributed by atoms with van der Waals surface area (Å²) in [6, 6.07) is -0.775. The lowest BCUT2D eigenvalue weighted by molar-refractivity contribution is -0.147. The smallest absolute Gasteiger partial charge is 0.277 e. The van der Waals surface area contributed by atoms with Crippen LogP contribution in [0.1, 0.15) is 20.3 Å². The molecule has 0 aromatic carbocycles. The zero-order valence-electron chi connectivity index (χ0n) is 9.75. The van der Waals surface area contributed by atoms with Crippen molar-refractivity contribution < 1.29 is 14.4 Å². The number of carbonyl (C=O) groups excluding carboxylic acids is 3. The third kappa shape index (κ3) is 2.01. The van der Waals surface area contributed by atoms with Gasteiger partial charge in [-0.05, 0) is 5.92 Å². The van der Waals surface area contributed by atoms with E-state index >= 15 is 0 Å². The van der Waals surface area contributed by atoms with Gasteiger partial charge >= 0.3 is 6.03 Å². The SMILES string of the molecule is C=CC(Br)C1(C(C)CC)C(=O)NC(=O)NC1=O. The second-order valence-electron chi connectivity index (χ2n) is 4.05. The Labute approximate surface area is 108 Å². The van der Waals surface area contributed by atoms with Gasteiger partial charge in [0.25, 0.3) is 0 Å². The normalized spacial score (nSPS) is 22.4. The van der Waals surface area contributed by atoms with E-state index in [1.165, 1.54) is 6.08 Å². The third-order valence-electron chi connectivity index (χ3n) is 3.24. The van der Waals surface area contributed by atoms with Crippen molar-refractivity contribution >= 4 is 33.8 Å². The van der Waals surface area contributed by atoms with Crippen LogP contribution in [-0.4, -0.2) is 22.7 Å². The van der Waals surface area contributed by atoms with Gasteiger partial charge in [-0.25, -0.2) is 4.79 Å². The highest BCUT2D eigenvalue weighted by atomic mass is 79.9. The van der Waals surface area contributed by atoms with Crippen molar-refractivity contribution in [2.75, 3.05) is 0 Å². The van der Waals surface area contributed by atoms with Crippen LogP contribution in [0.15, 0.2) is 12.7 Å². The first kappa shape index (κ1) is 13.9. The lowest BCUT2D eigenvalue weighted by atomic mass is 9.70. The molecule has 17 heavy (non-hydrogen) atoms. The average molecular weight is 303 g/mol. The monoisotopic (exact) mass is 302 g/mol. The summed E-state index contributed by atoms with van der Waals surface area (Å²) in [5.74, 6) is -1.39. The minimum atomic E-state index is -1.33. The van der Waals surface area contributed by atoms with Gasteiger partial charge in [-0.2, -0.15) is 0 Å². The maximum Gasteiger partial charge on any atom is 0.328 e. The van der Waals surface area contributed by atoms with Gasteiger partial charge in [0.1, 0.15) is 5.41 Å². The third-order valence-corrected chi connectivity index (χ3v) is 4.33. The number of alkyl halides is 1. The van der Waals surface area contributed by atoms with Gasteiger partial charge in [-0.3, -0.25) is 20.2 Å². The summed E-state index contributed by atoms with van der Waals surface area (Å²) < 4.78 is 0. The van der Waals surface area contributed by atoms with E-state index < -0.39 is 28.1 Å². The van der Waals surface area contributed by atoms with Crippen LogP contribution in [0.2, 0.25) is 0 Å². The highest BCUT2D eigenvalue weighted by molar-refractivity contribution is 9.09. The highest BCUT2D eigenvalue weighted by Gasteiger charge is 2.56. The number of urea groups is 1. The molecule has 0 aromatic rings. The van der Waals surface area contributed by atoms with Crippen LogP contribution in [0.5, 0.6) is 0 Å². The fourth-order valence-electron chi connectivity index (χ4n) is 2.03. The number of hydrogen-bond acceptors (Lipinski definition) is 3. The van der Waals surface area contributed by atoms with Crippen molar-refractivity contribution in [2.45, 2.75) is 25.1 Å². The minimum Gasteiger partial charge on any atom is -0.277 e. The standard InChI is InChI=1S/C11H15BrN2O3/c1-4-6(3)11(7(12)5-2)8(15)13-10(17)14-9(11)16/h5-7H,2,4H2,1,3H3,(H2,13,14,15,16,17). The number of barbiturate groups is 1. The Morgan fingerprint density at radius 3 is 2.18 bits per heavy atom. The predicted molar refractivity (Wildman–Crippen MR) is 66.5 cm³/mol. The van der Waals surface area contributed by atoms with Crippen molar-refractivity contribution in [1.82, 2.24) is 10.6 Å². The number of halogens is 1. The first-order valence-corrected chi connectivity index (χ1v) is 6.26. The highest BCUT2D eigenvalue weighted by Crippen LogP contribution is 2.40. The number of hydrogen-bond donors (Lipinski definition) is 2. The fourth-order valence-corrected chi connectivity index (χ4v) is 2.89. The summed E-state index contributed by atoms with van der Waals surface area (Å²) in [6.45, 7) is 7.27. The summed E-state index contributed by atoms with van der Waals surface area (Å²) in [6.07, 6.45) is 2.12. The van der Waals surface area contributed by atoms with Crippen molar-refractivity contribution in [1.29, 1.82) is 0 Å². The number of amides is 4. The molecule has 4 amide bonds. The number of carbonyl (C=O) groups is 3. The van der Waals surface area contributed by atoms with Crippen LogP contribution in [0, 0.1) is 11.3 Å². The molecule has 1 aliphatic heterocycles. The molecule has 2 unspecified atom stereocenters. The van der Waals surface area contributed by atoms with E-state index in [0.29, 0.717) is 6.42 Å². The molecule has 5 nitrogen and oxygen atoms in total. The lowest BCUT2D eigenvalue weighted by Gasteiger charge is -2.40. The molecule has 0 spiro atoms. The molecule has 0 aliphatic carbocycles. The maximum absolute atomic E-state index is 12.1. The molecule has 0 aromatic heterocycles. The fraction of sp³-hybridized carbons (Fsp3) is 0.545. The van der Waals surface area contributed by atoms with Gasteiger partial charge in [0.2, 0.25) is 11.8 Å². The van der Waals surface area contributed by atoms with E-state index in [1.54, 1.807) is 6.92 Å². The van der Waals surface area contributed by atoms with Crippen LogP contribution in [0.4, 0.5) is 4.79 Å². The first-order valence-electron chi connectivity index (χ1n) is 5.34. The molecule has 6 heteroatoms. The van der Waals surface area contributed by atoms with Gasteiger partial charge in [0.15, 0.2) is 0 Å². The van der Waals surface area contributed by atoms with E-state index in [9.17, 15) is 14.4 Å². The lowest BCUT2D eigenvalue weighted by Crippen LogP contribution is -2.67. The zero-order chi connectivity index (χ0) is 13.2. The molecule has 0 saturated carbocycles. The van der Waals surface area contributed by atoms with Gasteiger partial charge in [-0.1, -0.05) is 42.3 Å². The summed E-state index contributed by atoms with van der Waals surface area (Å²) in [5, 5.41) is 4.29. The van der Waals surface area contributed by atoms with Gasteiger partial charge < -0.3 is 0 Å². The van der Waals surface area contributed by atoms with Crippen LogP contribution < -0.4 is 10.6 Å². The molecule has 94 valence electrons. The predicted octanol–water partition coefficient (Wildman–Crippen LogP) is 1.33. The van der Waals surface area contributed by atoms with E-state index in [4.69, 9.17) is 0 Å². The average Bonchev–Trinajstić information content (AvgIpc) is 2.27. The Morgan fingerprint density at radius 1 is 1.35 bits per heavy atom. The summed E-state index contributed by atoms with van der Waals surface area (Å²) >= 11 is 3.29. The van der Waals surface area contributed by atoms with E-state index in [0.717, 1.165) is 0 Å². The zero-order valence-corrected chi connectivity index (χ0v) is 11.3.